The number of thiazole rings is 1. The number of rotatable bonds is 3. The monoisotopic (exact) mass is 382 g/mol. The minimum absolute atomic E-state index is 0. The fourth-order valence-corrected chi connectivity index (χ4v) is 3.54. The first-order valence-corrected chi connectivity index (χ1v) is 8.60. The maximum Gasteiger partial charge on any atom is 0.273 e. The highest BCUT2D eigenvalue weighted by Gasteiger charge is 2.30. The van der Waals surface area contributed by atoms with Crippen molar-refractivity contribution in [3.05, 3.63) is 45.5 Å². The van der Waals surface area contributed by atoms with Gasteiger partial charge in [-0.05, 0) is 13.8 Å². The zero-order valence-corrected chi connectivity index (χ0v) is 15.5. The molecule has 9 heteroatoms. The van der Waals surface area contributed by atoms with Gasteiger partial charge in [-0.2, -0.15) is 0 Å². The topological polar surface area (TPSA) is 88.4 Å². The molecule has 1 N–H and O–H groups in total. The average molecular weight is 383 g/mol. The maximum atomic E-state index is 12.7. The number of nitro benzene ring substituents is 1. The lowest BCUT2D eigenvalue weighted by Crippen LogP contribution is -2.57. The van der Waals surface area contributed by atoms with Crippen LogP contribution in [0.2, 0.25) is 0 Å². The van der Waals surface area contributed by atoms with Crippen molar-refractivity contribution >= 4 is 35.3 Å². The number of piperazine rings is 1. The number of aromatic nitrogens is 1. The number of halogens is 1. The minimum Gasteiger partial charge on any atom is -0.332 e. The van der Waals surface area contributed by atoms with E-state index in [1.54, 1.807) is 17.5 Å². The number of hydrogen-bond acceptors (Lipinski definition) is 6. The van der Waals surface area contributed by atoms with Gasteiger partial charge < -0.3 is 10.2 Å². The minimum atomic E-state index is -0.438. The van der Waals surface area contributed by atoms with Gasteiger partial charge in [0.1, 0.15) is 10.7 Å². The van der Waals surface area contributed by atoms with Gasteiger partial charge in [0.2, 0.25) is 0 Å². The first-order valence-electron chi connectivity index (χ1n) is 7.72. The number of carbonyl (C=O) groups is 1. The lowest BCUT2D eigenvalue weighted by Gasteiger charge is -2.38. The van der Waals surface area contributed by atoms with E-state index >= 15 is 0 Å². The normalized spacial score (nSPS) is 20.0. The summed E-state index contributed by atoms with van der Waals surface area (Å²) in [5.74, 6) is -0.0937. The van der Waals surface area contributed by atoms with Crippen LogP contribution in [0.3, 0.4) is 0 Å². The highest BCUT2D eigenvalue weighted by atomic mass is 35.5. The van der Waals surface area contributed by atoms with Gasteiger partial charge in [0, 0.05) is 48.2 Å². The van der Waals surface area contributed by atoms with Crippen LogP contribution in [0.25, 0.3) is 10.6 Å². The molecule has 2 heterocycles. The van der Waals surface area contributed by atoms with E-state index < -0.39 is 4.92 Å². The molecule has 3 rings (SSSR count). The number of nitro groups is 1. The van der Waals surface area contributed by atoms with Crippen LogP contribution >= 0.6 is 23.7 Å². The smallest absolute Gasteiger partial charge is 0.273 e. The lowest BCUT2D eigenvalue weighted by molar-refractivity contribution is -0.384. The molecule has 134 valence electrons. The number of amides is 1. The van der Waals surface area contributed by atoms with Crippen LogP contribution in [0, 0.1) is 10.1 Å². The SMILES string of the molecule is CC1NCCN(C(=O)c2csc(-c3cccc([N+](=O)[O-])c3)n2)C1C.Cl. The molecule has 2 aromatic rings. The summed E-state index contributed by atoms with van der Waals surface area (Å²) >= 11 is 1.32. The zero-order valence-electron chi connectivity index (χ0n) is 13.8. The molecule has 1 saturated heterocycles. The second-order valence-electron chi connectivity index (χ2n) is 5.83. The van der Waals surface area contributed by atoms with Gasteiger partial charge in [0.05, 0.1) is 4.92 Å². The second-order valence-corrected chi connectivity index (χ2v) is 6.69. The van der Waals surface area contributed by atoms with Crippen LogP contribution in [0.4, 0.5) is 5.69 Å². The van der Waals surface area contributed by atoms with E-state index in [0.717, 1.165) is 6.54 Å². The van der Waals surface area contributed by atoms with E-state index in [9.17, 15) is 14.9 Å². The fraction of sp³-hybridized carbons (Fsp3) is 0.375. The molecular formula is C16H19ClN4O3S. The van der Waals surface area contributed by atoms with Crippen LogP contribution in [-0.4, -0.2) is 45.9 Å². The Morgan fingerprint density at radius 3 is 2.92 bits per heavy atom. The standard InChI is InChI=1S/C16H18N4O3S.ClH/c1-10-11(2)19(7-6-17-10)16(21)14-9-24-15(18-14)12-4-3-5-13(8-12)20(22)23;/h3-5,8-11,17H,6-7H2,1-2H3;1H. The Morgan fingerprint density at radius 2 is 2.20 bits per heavy atom. The van der Waals surface area contributed by atoms with Crippen molar-refractivity contribution in [1.29, 1.82) is 0 Å². The summed E-state index contributed by atoms with van der Waals surface area (Å²) in [5.41, 5.74) is 1.05. The van der Waals surface area contributed by atoms with E-state index in [1.165, 1.54) is 23.5 Å². The van der Waals surface area contributed by atoms with Gasteiger partial charge in [0.15, 0.2) is 0 Å². The molecular weight excluding hydrogens is 364 g/mol. The predicted molar refractivity (Wildman–Crippen MR) is 99.4 cm³/mol. The van der Waals surface area contributed by atoms with Crippen LogP contribution < -0.4 is 5.32 Å². The van der Waals surface area contributed by atoms with E-state index in [-0.39, 0.29) is 36.1 Å². The Labute approximate surface area is 155 Å². The van der Waals surface area contributed by atoms with Crippen molar-refractivity contribution in [3.63, 3.8) is 0 Å². The van der Waals surface area contributed by atoms with Crippen molar-refractivity contribution in [2.45, 2.75) is 25.9 Å². The summed E-state index contributed by atoms with van der Waals surface area (Å²) in [6.07, 6.45) is 0. The summed E-state index contributed by atoms with van der Waals surface area (Å²) < 4.78 is 0. The molecule has 1 aliphatic heterocycles. The molecule has 7 nitrogen and oxygen atoms in total. The second kappa shape index (κ2) is 7.90. The molecule has 1 aromatic carbocycles. The number of hydrogen-bond donors (Lipinski definition) is 1. The maximum absolute atomic E-state index is 12.7. The average Bonchev–Trinajstić information content (AvgIpc) is 3.07. The molecule has 1 aromatic heterocycles. The molecule has 0 radical (unpaired) electrons. The summed E-state index contributed by atoms with van der Waals surface area (Å²) in [5, 5.41) is 16.6. The van der Waals surface area contributed by atoms with Crippen molar-refractivity contribution in [2.75, 3.05) is 13.1 Å². The molecule has 1 fully saturated rings. The number of nitrogens with zero attached hydrogens (tertiary/aromatic N) is 3. The Kier molecular flexibility index (Phi) is 6.10. The molecule has 0 saturated carbocycles. The van der Waals surface area contributed by atoms with Crippen LogP contribution in [0.15, 0.2) is 29.6 Å². The number of carbonyl (C=O) groups excluding carboxylic acids is 1. The molecule has 0 aliphatic carbocycles. The highest BCUT2D eigenvalue weighted by Crippen LogP contribution is 2.27. The lowest BCUT2D eigenvalue weighted by atomic mass is 10.1. The Hall–Kier alpha value is -2.03. The van der Waals surface area contributed by atoms with Crippen LogP contribution in [0.1, 0.15) is 24.3 Å². The third kappa shape index (κ3) is 3.97. The molecule has 1 aliphatic rings. The van der Waals surface area contributed by atoms with Gasteiger partial charge in [-0.15, -0.1) is 23.7 Å². The quantitative estimate of drug-likeness (QED) is 0.651. The first-order chi connectivity index (χ1) is 11.5. The van der Waals surface area contributed by atoms with Crippen molar-refractivity contribution < 1.29 is 9.72 Å². The van der Waals surface area contributed by atoms with E-state index in [0.29, 0.717) is 22.8 Å². The van der Waals surface area contributed by atoms with Gasteiger partial charge in [-0.25, -0.2) is 4.98 Å². The molecule has 0 spiro atoms. The van der Waals surface area contributed by atoms with Crippen molar-refractivity contribution in [1.82, 2.24) is 15.2 Å². The third-order valence-electron chi connectivity index (χ3n) is 4.32. The zero-order chi connectivity index (χ0) is 17.3. The van der Waals surface area contributed by atoms with Gasteiger partial charge in [-0.3, -0.25) is 14.9 Å². The summed E-state index contributed by atoms with van der Waals surface area (Å²) in [7, 11) is 0. The van der Waals surface area contributed by atoms with Gasteiger partial charge >= 0.3 is 0 Å². The Balaban J connectivity index is 0.00000225. The Morgan fingerprint density at radius 1 is 1.44 bits per heavy atom. The highest BCUT2D eigenvalue weighted by molar-refractivity contribution is 7.13. The van der Waals surface area contributed by atoms with Crippen LogP contribution in [0.5, 0.6) is 0 Å². The molecule has 2 atom stereocenters. The van der Waals surface area contributed by atoms with Gasteiger partial charge in [0.25, 0.3) is 11.6 Å². The molecule has 25 heavy (non-hydrogen) atoms. The number of nitrogens with one attached hydrogen (secondary N) is 1. The van der Waals surface area contributed by atoms with E-state index in [4.69, 9.17) is 0 Å². The van der Waals surface area contributed by atoms with E-state index in [2.05, 4.69) is 17.2 Å². The predicted octanol–water partition coefficient (Wildman–Crippen LogP) is 2.96. The fourth-order valence-electron chi connectivity index (χ4n) is 2.75. The third-order valence-corrected chi connectivity index (χ3v) is 5.21. The van der Waals surface area contributed by atoms with E-state index in [1.807, 2.05) is 11.8 Å². The summed E-state index contributed by atoms with van der Waals surface area (Å²) in [4.78, 5) is 29.4. The largest absolute Gasteiger partial charge is 0.332 e. The first kappa shape index (κ1) is 19.3. The van der Waals surface area contributed by atoms with Gasteiger partial charge in [-0.1, -0.05) is 12.1 Å². The molecule has 0 bridgehead atoms. The molecule has 2 unspecified atom stereocenters. The Bertz CT molecular complexity index is 782. The van der Waals surface area contributed by atoms with Crippen molar-refractivity contribution in [2.24, 2.45) is 0 Å². The number of benzene rings is 1. The summed E-state index contributed by atoms with van der Waals surface area (Å²) in [6, 6.07) is 6.62. The van der Waals surface area contributed by atoms with Crippen LogP contribution in [-0.2, 0) is 0 Å². The summed E-state index contributed by atoms with van der Waals surface area (Å²) in [6.45, 7) is 5.48. The number of non-ortho nitro benzene ring substituents is 1. The molecule has 1 amide bonds. The van der Waals surface area contributed by atoms with Crippen molar-refractivity contribution in [3.8, 4) is 10.6 Å².